The minimum absolute atomic E-state index is 0.138. The van der Waals surface area contributed by atoms with Crippen LogP contribution in [0.4, 0.5) is 5.82 Å². The SMILES string of the molecule is Nc1nc2nc3c1[nH]c(=O)n3Cc1cc(ccn1)OC/C=C/CCO2. The third-order valence-electron chi connectivity index (χ3n) is 3.77. The van der Waals surface area contributed by atoms with E-state index in [0.717, 1.165) is 0 Å². The topological polar surface area (TPSA) is 121 Å². The molecule has 0 spiro atoms. The first-order valence-electron chi connectivity index (χ1n) is 7.82. The Balaban J connectivity index is 1.84. The van der Waals surface area contributed by atoms with Crippen molar-refractivity contribution in [2.45, 2.75) is 13.0 Å². The van der Waals surface area contributed by atoms with Crippen molar-refractivity contribution in [3.8, 4) is 11.8 Å². The fourth-order valence-electron chi connectivity index (χ4n) is 2.58. The van der Waals surface area contributed by atoms with Gasteiger partial charge in [-0.1, -0.05) is 12.2 Å². The molecular formula is C16H16N6O3. The number of nitrogens with zero attached hydrogens (tertiary/aromatic N) is 4. The molecule has 1 aliphatic rings. The number of nitrogens with two attached hydrogens (primary N) is 1. The normalized spacial score (nSPS) is 15.8. The highest BCUT2D eigenvalue weighted by molar-refractivity contribution is 5.81. The number of fused-ring (bicyclic) bond motifs is 3. The van der Waals surface area contributed by atoms with Crippen LogP contribution in [-0.2, 0) is 6.54 Å². The Bertz CT molecular complexity index is 1010. The summed E-state index contributed by atoms with van der Waals surface area (Å²) < 4.78 is 12.7. The van der Waals surface area contributed by atoms with E-state index in [1.807, 2.05) is 12.2 Å². The second-order valence-electron chi connectivity index (χ2n) is 5.51. The number of aromatic nitrogens is 5. The molecule has 0 amide bonds. The Hall–Kier alpha value is -3.36. The van der Waals surface area contributed by atoms with E-state index in [-0.39, 0.29) is 24.1 Å². The quantitative estimate of drug-likeness (QED) is 0.582. The van der Waals surface area contributed by atoms with Gasteiger partial charge in [-0.15, -0.1) is 0 Å². The number of anilines is 1. The van der Waals surface area contributed by atoms with E-state index in [9.17, 15) is 4.79 Å². The highest BCUT2D eigenvalue weighted by atomic mass is 16.5. The number of H-pyrrole nitrogens is 1. The van der Waals surface area contributed by atoms with E-state index >= 15 is 0 Å². The molecule has 4 rings (SSSR count). The zero-order valence-corrected chi connectivity index (χ0v) is 13.3. The van der Waals surface area contributed by atoms with Gasteiger partial charge in [0, 0.05) is 12.3 Å². The first kappa shape index (κ1) is 15.2. The van der Waals surface area contributed by atoms with Crippen molar-refractivity contribution < 1.29 is 9.47 Å². The summed E-state index contributed by atoms with van der Waals surface area (Å²) in [6, 6.07) is 3.70. The number of hydrogen-bond acceptors (Lipinski definition) is 7. The number of imidazole rings is 1. The third-order valence-corrected chi connectivity index (χ3v) is 3.77. The lowest BCUT2D eigenvalue weighted by Gasteiger charge is -2.07. The van der Waals surface area contributed by atoms with Gasteiger partial charge in [0.15, 0.2) is 11.5 Å². The Kier molecular flexibility index (Phi) is 3.81. The van der Waals surface area contributed by atoms with Crippen LogP contribution in [0.15, 0.2) is 35.3 Å². The van der Waals surface area contributed by atoms with Crippen LogP contribution in [0.3, 0.4) is 0 Å². The Morgan fingerprint density at radius 3 is 3.08 bits per heavy atom. The summed E-state index contributed by atoms with van der Waals surface area (Å²) in [7, 11) is 0. The average Bonchev–Trinajstić information content (AvgIpc) is 2.90. The van der Waals surface area contributed by atoms with E-state index in [4.69, 9.17) is 15.2 Å². The van der Waals surface area contributed by atoms with E-state index in [1.165, 1.54) is 4.57 Å². The van der Waals surface area contributed by atoms with E-state index in [1.54, 1.807) is 18.3 Å². The molecule has 0 radical (unpaired) electrons. The number of hydrogen-bond donors (Lipinski definition) is 2. The van der Waals surface area contributed by atoms with Gasteiger partial charge in [0.25, 0.3) is 0 Å². The standard InChI is InChI=1S/C16H16N6O3/c17-13-12-14-21-15(20-13)25-7-3-1-2-6-24-11-4-5-18-10(8-11)9-22(14)16(23)19-12/h1-2,4-5,8H,3,6-7,9H2,(H,19,23)(H2,17,20,21)/b2-1+. The van der Waals surface area contributed by atoms with Gasteiger partial charge in [-0.3, -0.25) is 9.55 Å². The van der Waals surface area contributed by atoms with Crippen molar-refractivity contribution >= 4 is 17.0 Å². The van der Waals surface area contributed by atoms with Gasteiger partial charge in [0.2, 0.25) is 0 Å². The van der Waals surface area contributed by atoms with E-state index < -0.39 is 0 Å². The molecular weight excluding hydrogens is 324 g/mol. The van der Waals surface area contributed by atoms with Crippen LogP contribution in [0.2, 0.25) is 0 Å². The van der Waals surface area contributed by atoms with Crippen LogP contribution in [-0.4, -0.2) is 37.7 Å². The second kappa shape index (κ2) is 6.27. The van der Waals surface area contributed by atoms with Gasteiger partial charge >= 0.3 is 11.7 Å². The highest BCUT2D eigenvalue weighted by Crippen LogP contribution is 2.19. The maximum atomic E-state index is 12.3. The minimum Gasteiger partial charge on any atom is -0.489 e. The smallest absolute Gasteiger partial charge is 0.328 e. The zero-order valence-electron chi connectivity index (χ0n) is 13.3. The Morgan fingerprint density at radius 1 is 1.24 bits per heavy atom. The third kappa shape index (κ3) is 3.03. The summed E-state index contributed by atoms with van der Waals surface area (Å²) in [6.07, 6.45) is 6.18. The van der Waals surface area contributed by atoms with Crippen LogP contribution < -0.4 is 20.9 Å². The summed E-state index contributed by atoms with van der Waals surface area (Å²) in [5.41, 5.74) is 7.02. The molecule has 0 aliphatic carbocycles. The van der Waals surface area contributed by atoms with Crippen LogP contribution >= 0.6 is 0 Å². The summed E-state index contributed by atoms with van der Waals surface area (Å²) >= 11 is 0. The molecule has 1 aliphatic heterocycles. The molecule has 0 fully saturated rings. The highest BCUT2D eigenvalue weighted by Gasteiger charge is 2.15. The summed E-state index contributed by atoms with van der Waals surface area (Å²) in [5.74, 6) is 0.851. The van der Waals surface area contributed by atoms with E-state index in [2.05, 4.69) is 19.9 Å². The van der Waals surface area contributed by atoms with Gasteiger partial charge < -0.3 is 20.2 Å². The molecule has 4 heterocycles. The molecule has 0 atom stereocenters. The van der Waals surface area contributed by atoms with Crippen LogP contribution in [0.25, 0.3) is 11.2 Å². The van der Waals surface area contributed by atoms with Crippen LogP contribution in [0.1, 0.15) is 12.1 Å². The van der Waals surface area contributed by atoms with Crippen LogP contribution in [0.5, 0.6) is 11.8 Å². The molecule has 3 N–H and O–H groups in total. The lowest BCUT2D eigenvalue weighted by Crippen LogP contribution is -2.18. The predicted molar refractivity (Wildman–Crippen MR) is 90.6 cm³/mol. The largest absolute Gasteiger partial charge is 0.489 e. The van der Waals surface area contributed by atoms with Gasteiger partial charge in [-0.05, 0) is 12.5 Å². The van der Waals surface area contributed by atoms with Crippen molar-refractivity contribution in [3.63, 3.8) is 0 Å². The number of rotatable bonds is 0. The first-order chi connectivity index (χ1) is 12.2. The van der Waals surface area contributed by atoms with Gasteiger partial charge in [-0.25, -0.2) is 4.79 Å². The molecule has 0 aromatic carbocycles. The van der Waals surface area contributed by atoms with Crippen molar-refractivity contribution in [2.24, 2.45) is 0 Å². The summed E-state index contributed by atoms with van der Waals surface area (Å²) in [5, 5.41) is 0. The molecule has 0 unspecified atom stereocenters. The summed E-state index contributed by atoms with van der Waals surface area (Å²) in [6.45, 7) is 1.06. The summed E-state index contributed by atoms with van der Waals surface area (Å²) in [4.78, 5) is 27.7. The van der Waals surface area contributed by atoms with Crippen molar-refractivity contribution in [1.82, 2.24) is 24.5 Å². The zero-order chi connectivity index (χ0) is 17.2. The van der Waals surface area contributed by atoms with Gasteiger partial charge in [0.1, 0.15) is 17.9 Å². The number of nitrogen functional groups attached to an aromatic ring is 1. The average molecular weight is 340 g/mol. The Labute approximate surface area is 142 Å². The molecule has 0 saturated carbocycles. The predicted octanol–water partition coefficient (Wildman–Crippen LogP) is 0.863. The number of pyridine rings is 1. The molecule has 9 nitrogen and oxygen atoms in total. The molecule has 9 heteroatoms. The number of aromatic amines is 1. The maximum absolute atomic E-state index is 12.3. The molecule has 25 heavy (non-hydrogen) atoms. The second-order valence-corrected chi connectivity index (χ2v) is 5.51. The maximum Gasteiger partial charge on any atom is 0.328 e. The minimum atomic E-state index is -0.341. The van der Waals surface area contributed by atoms with E-state index in [0.29, 0.717) is 42.2 Å². The first-order valence-corrected chi connectivity index (χ1v) is 7.82. The lowest BCUT2D eigenvalue weighted by molar-refractivity contribution is 0.300. The lowest BCUT2D eigenvalue weighted by atomic mass is 10.3. The molecule has 3 aromatic rings. The van der Waals surface area contributed by atoms with Crippen molar-refractivity contribution in [2.75, 3.05) is 18.9 Å². The molecule has 0 saturated heterocycles. The molecule has 4 bridgehead atoms. The Morgan fingerprint density at radius 2 is 2.16 bits per heavy atom. The van der Waals surface area contributed by atoms with Crippen molar-refractivity contribution in [1.29, 1.82) is 0 Å². The monoisotopic (exact) mass is 340 g/mol. The number of ether oxygens (including phenoxy) is 2. The fraction of sp³-hybridized carbons (Fsp3) is 0.250. The van der Waals surface area contributed by atoms with Gasteiger partial charge in [0.05, 0.1) is 18.8 Å². The van der Waals surface area contributed by atoms with Crippen molar-refractivity contribution in [3.05, 3.63) is 46.7 Å². The fourth-order valence-corrected chi connectivity index (χ4v) is 2.58. The number of nitrogens with one attached hydrogen (secondary N) is 1. The molecule has 128 valence electrons. The molecule has 3 aromatic heterocycles. The van der Waals surface area contributed by atoms with Crippen LogP contribution in [0, 0.1) is 0 Å². The van der Waals surface area contributed by atoms with Gasteiger partial charge in [-0.2, -0.15) is 9.97 Å².